The van der Waals surface area contributed by atoms with Crippen molar-refractivity contribution in [3.05, 3.63) is 47.7 Å². The summed E-state index contributed by atoms with van der Waals surface area (Å²) in [4.78, 5) is 4.37. The Kier molecular flexibility index (Phi) is 3.92. The van der Waals surface area contributed by atoms with Crippen LogP contribution in [0.25, 0.3) is 21.7 Å². The minimum Gasteiger partial charge on any atom is -0.813 e. The fraction of sp³-hybridized carbons (Fsp3) is 0.133. The first-order chi connectivity index (χ1) is 8.33. The fourth-order valence-corrected chi connectivity index (χ4v) is 2.92. The molecule has 0 amide bonds. The molecular weight excluding hydrogens is 350 g/mol. The van der Waals surface area contributed by atoms with Crippen molar-refractivity contribution in [2.75, 3.05) is 0 Å². The molecule has 0 radical (unpaired) electrons. The van der Waals surface area contributed by atoms with Crippen molar-refractivity contribution in [2.45, 2.75) is 12.8 Å². The summed E-state index contributed by atoms with van der Waals surface area (Å²) < 4.78 is 0. The van der Waals surface area contributed by atoms with Gasteiger partial charge in [-0.05, 0) is 41.5 Å². The maximum Gasteiger partial charge on any atom is 1.00 e. The molecule has 100 valence electrons. The molecule has 0 aliphatic heterocycles. The first-order valence-electron chi connectivity index (χ1n) is 5.85. The van der Waals surface area contributed by atoms with Gasteiger partial charge in [-0.15, -0.1) is 0 Å². The van der Waals surface area contributed by atoms with Crippen molar-refractivity contribution in [1.29, 1.82) is 0 Å². The second-order valence-corrected chi connectivity index (χ2v) is 4.64. The van der Waals surface area contributed by atoms with E-state index in [2.05, 4.69) is 29.2 Å². The zero-order valence-corrected chi connectivity index (χ0v) is 12.4. The van der Waals surface area contributed by atoms with Gasteiger partial charge < -0.3 is 18.6 Å². The molecule has 0 unspecified atom stereocenters. The molecule has 1 aliphatic rings. The molecule has 0 bridgehead atoms. The van der Waals surface area contributed by atoms with Gasteiger partial charge >= 0.3 is 22.4 Å². The summed E-state index contributed by atoms with van der Waals surface area (Å²) in [5.41, 5.74) is 3.80. The van der Waals surface area contributed by atoms with E-state index in [1.807, 2.05) is 0 Å². The maximum absolute atomic E-state index is 9.52. The molecule has 2 aromatic carbocycles. The molecule has 0 atom stereocenters. The topological polar surface area (TPSA) is 33.1 Å². The van der Waals surface area contributed by atoms with Crippen LogP contribution < -0.4 is 0 Å². The number of hydrogen-bond acceptors (Lipinski definition) is 3. The van der Waals surface area contributed by atoms with Crippen LogP contribution >= 0.6 is 0 Å². The van der Waals surface area contributed by atoms with Crippen molar-refractivity contribution in [1.82, 2.24) is 4.98 Å². The normalized spacial score (nSPS) is 12.2. The number of aromatic hydroxyl groups is 1. The summed E-state index contributed by atoms with van der Waals surface area (Å²) in [5.74, 6) is 0.234. The van der Waals surface area contributed by atoms with E-state index in [0.29, 0.717) is 0 Å². The van der Waals surface area contributed by atoms with Gasteiger partial charge in [-0.1, -0.05) is 18.2 Å². The third-order valence-electron chi connectivity index (χ3n) is 3.62. The van der Waals surface area contributed by atoms with Crippen LogP contribution in [0.4, 0.5) is 0 Å². The van der Waals surface area contributed by atoms with Crippen LogP contribution in [0.3, 0.4) is 0 Å². The van der Waals surface area contributed by atoms with Crippen LogP contribution in [0, 0.1) is 0 Å². The molecule has 0 saturated heterocycles. The van der Waals surface area contributed by atoms with Crippen LogP contribution in [0.5, 0.6) is 5.75 Å². The summed E-state index contributed by atoms with van der Waals surface area (Å²) in [5, 5.41) is 13.1. The van der Waals surface area contributed by atoms with E-state index >= 15 is 0 Å². The number of pyridine rings is 1. The van der Waals surface area contributed by atoms with Crippen molar-refractivity contribution < 1.29 is 27.5 Å². The number of aromatic nitrogens is 1. The smallest absolute Gasteiger partial charge is 0.813 e. The fourth-order valence-electron chi connectivity index (χ4n) is 2.92. The zero-order chi connectivity index (χ0) is 11.4. The molecular formula is C15H12AgNOS. The second-order valence-electron chi connectivity index (χ2n) is 4.64. The van der Waals surface area contributed by atoms with E-state index in [1.165, 1.54) is 28.1 Å². The summed E-state index contributed by atoms with van der Waals surface area (Å²) in [7, 11) is 0. The van der Waals surface area contributed by atoms with Gasteiger partial charge in [-0.2, -0.15) is 0 Å². The quantitative estimate of drug-likeness (QED) is 0.289. The van der Waals surface area contributed by atoms with Gasteiger partial charge in [0.15, 0.2) is 0 Å². The molecule has 0 fully saturated rings. The van der Waals surface area contributed by atoms with Gasteiger partial charge in [-0.3, -0.25) is 4.98 Å². The van der Waals surface area contributed by atoms with Crippen molar-refractivity contribution in [3.63, 3.8) is 0 Å². The molecule has 3 aromatic rings. The molecule has 1 aromatic heterocycles. The Bertz CT molecular complexity index is 773. The van der Waals surface area contributed by atoms with E-state index in [1.54, 1.807) is 6.07 Å². The minimum absolute atomic E-state index is 0. The Balaban J connectivity index is 0.000000667. The van der Waals surface area contributed by atoms with Crippen LogP contribution in [-0.2, 0) is 48.7 Å². The average Bonchev–Trinajstić information content (AvgIpc) is 2.74. The van der Waals surface area contributed by atoms with Gasteiger partial charge in [0.1, 0.15) is 5.75 Å². The Hall–Kier alpha value is -1.000. The molecule has 1 N–H and O–H groups in total. The van der Waals surface area contributed by atoms with Gasteiger partial charge in [0, 0.05) is 10.8 Å². The summed E-state index contributed by atoms with van der Waals surface area (Å²) in [6.07, 6.45) is 3.74. The molecule has 1 heterocycles. The molecule has 4 rings (SSSR count). The Labute approximate surface area is 133 Å². The Morgan fingerprint density at radius 2 is 1.84 bits per heavy atom. The third kappa shape index (κ3) is 2.07. The summed E-state index contributed by atoms with van der Waals surface area (Å²) in [6.45, 7) is 0. The predicted molar refractivity (Wildman–Crippen MR) is 77.1 cm³/mol. The van der Waals surface area contributed by atoms with E-state index in [0.717, 1.165) is 23.7 Å². The molecule has 2 nitrogen and oxygen atoms in total. The average molecular weight is 362 g/mol. The Morgan fingerprint density at radius 3 is 2.68 bits per heavy atom. The van der Waals surface area contributed by atoms with Crippen molar-refractivity contribution in [2.24, 2.45) is 0 Å². The first-order valence-corrected chi connectivity index (χ1v) is 5.85. The van der Waals surface area contributed by atoms with Crippen LogP contribution in [0.2, 0.25) is 0 Å². The number of aryl methyl sites for hydroxylation is 2. The van der Waals surface area contributed by atoms with Gasteiger partial charge in [0.25, 0.3) is 0 Å². The van der Waals surface area contributed by atoms with Crippen molar-refractivity contribution >= 4 is 35.2 Å². The standard InChI is InChI=1S/C15H11NO.Ag.H2S/c17-12-7-11-6-10-5-4-9-2-1-3-13(14(9)10)15(11)16-8-12;;/h1-3,6-8,17H,4-5H2;;1H2/q;+1;/p-1. The zero-order valence-electron chi connectivity index (χ0n) is 10.0. The number of nitrogens with zero attached hydrogens (tertiary/aromatic N) is 1. The molecule has 0 saturated carbocycles. The molecule has 4 heteroatoms. The van der Waals surface area contributed by atoms with E-state index in [-0.39, 0.29) is 41.6 Å². The largest absolute Gasteiger partial charge is 1.00 e. The van der Waals surface area contributed by atoms with Crippen LogP contribution in [0.1, 0.15) is 11.1 Å². The van der Waals surface area contributed by atoms with Crippen LogP contribution in [-0.4, -0.2) is 10.1 Å². The number of hydrogen-bond donors (Lipinski definition) is 1. The maximum atomic E-state index is 9.52. The Morgan fingerprint density at radius 1 is 1.05 bits per heavy atom. The SMILES string of the molecule is Oc1cnc2c(c1)cc1c3c(cccc32)CC1.[Ag+].[SH-]. The van der Waals surface area contributed by atoms with E-state index in [4.69, 9.17) is 0 Å². The summed E-state index contributed by atoms with van der Waals surface area (Å²) >= 11 is 0. The van der Waals surface area contributed by atoms with Gasteiger partial charge in [0.2, 0.25) is 0 Å². The summed E-state index contributed by atoms with van der Waals surface area (Å²) in [6, 6.07) is 10.4. The van der Waals surface area contributed by atoms with E-state index in [9.17, 15) is 5.11 Å². The number of fused-ring (bicyclic) bond motifs is 2. The first kappa shape index (κ1) is 14.4. The van der Waals surface area contributed by atoms with Gasteiger partial charge in [-0.25, -0.2) is 0 Å². The van der Waals surface area contributed by atoms with Gasteiger partial charge in [0.05, 0.1) is 11.7 Å². The van der Waals surface area contributed by atoms with E-state index < -0.39 is 0 Å². The molecule has 1 aliphatic carbocycles. The third-order valence-corrected chi connectivity index (χ3v) is 3.62. The number of thiol groups is 1. The van der Waals surface area contributed by atoms with Crippen molar-refractivity contribution in [3.8, 4) is 5.75 Å². The number of benzene rings is 2. The molecule has 19 heavy (non-hydrogen) atoms. The second kappa shape index (κ2) is 5.17. The van der Waals surface area contributed by atoms with Crippen LogP contribution in [0.15, 0.2) is 36.5 Å². The monoisotopic (exact) mass is 361 g/mol. The predicted octanol–water partition coefficient (Wildman–Crippen LogP) is 2.92. The molecule has 0 spiro atoms. The minimum atomic E-state index is 0. The number of rotatable bonds is 0.